The van der Waals surface area contributed by atoms with E-state index >= 15 is 0 Å². The molecule has 10 heteroatoms. The number of nitrogens with one attached hydrogen (secondary N) is 1. The number of pyridine rings is 2. The van der Waals surface area contributed by atoms with Crippen LogP contribution >= 0.6 is 0 Å². The smallest absolute Gasteiger partial charge is 0.414 e. The number of rotatable bonds is 8. The fourth-order valence-electron chi connectivity index (χ4n) is 4.93. The van der Waals surface area contributed by atoms with Gasteiger partial charge in [0, 0.05) is 62.2 Å². The van der Waals surface area contributed by atoms with E-state index in [1.165, 1.54) is 13.2 Å². The summed E-state index contributed by atoms with van der Waals surface area (Å²) in [5, 5.41) is 2.98. The van der Waals surface area contributed by atoms with Crippen LogP contribution in [-0.4, -0.2) is 51.3 Å². The van der Waals surface area contributed by atoms with Crippen molar-refractivity contribution < 1.29 is 14.3 Å². The van der Waals surface area contributed by atoms with E-state index in [2.05, 4.69) is 10.3 Å². The number of ether oxygens (including phenoxy) is 1. The summed E-state index contributed by atoms with van der Waals surface area (Å²) in [4.78, 5) is 48.5. The van der Waals surface area contributed by atoms with Gasteiger partial charge in [-0.05, 0) is 43.2 Å². The third-order valence-electron chi connectivity index (χ3n) is 6.78. The number of hydrogen-bond donors (Lipinski definition) is 1. The number of nitrogens with zero attached hydrogens (tertiary/aromatic N) is 5. The van der Waals surface area contributed by atoms with Gasteiger partial charge >= 0.3 is 6.09 Å². The molecular weight excluding hydrogens is 484 g/mol. The van der Waals surface area contributed by atoms with Crippen molar-refractivity contribution in [2.24, 2.45) is 0 Å². The Bertz CT molecular complexity index is 1510. The number of fused-ring (bicyclic) bond motifs is 3. The fraction of sp³-hybridized carbons (Fsp3) is 0.321. The van der Waals surface area contributed by atoms with Crippen LogP contribution < -0.4 is 15.8 Å². The van der Waals surface area contributed by atoms with Crippen molar-refractivity contribution in [1.29, 1.82) is 0 Å². The van der Waals surface area contributed by atoms with Gasteiger partial charge in [-0.2, -0.15) is 0 Å². The molecule has 1 aliphatic rings. The molecule has 2 amide bonds. The molecule has 0 radical (unpaired) electrons. The number of carbonyl (C=O) groups excluding carboxylic acids is 2. The summed E-state index contributed by atoms with van der Waals surface area (Å²) >= 11 is 0. The van der Waals surface area contributed by atoms with Gasteiger partial charge in [-0.3, -0.25) is 19.5 Å². The van der Waals surface area contributed by atoms with Gasteiger partial charge in [0.05, 0.1) is 23.8 Å². The summed E-state index contributed by atoms with van der Waals surface area (Å²) in [5.74, 6) is 0.575. The number of aromatic nitrogens is 4. The van der Waals surface area contributed by atoms with Crippen molar-refractivity contribution in [3.8, 4) is 0 Å². The molecule has 1 aliphatic heterocycles. The quantitative estimate of drug-likeness (QED) is 0.387. The van der Waals surface area contributed by atoms with E-state index in [9.17, 15) is 14.4 Å². The molecule has 0 atom stereocenters. The van der Waals surface area contributed by atoms with E-state index in [0.717, 1.165) is 40.8 Å². The van der Waals surface area contributed by atoms with E-state index in [4.69, 9.17) is 9.72 Å². The number of methoxy groups -OCH3 is 1. The molecule has 0 fully saturated rings. The molecule has 38 heavy (non-hydrogen) atoms. The molecule has 3 aromatic heterocycles. The maximum atomic E-state index is 13.0. The fourth-order valence-corrected chi connectivity index (χ4v) is 4.93. The molecule has 5 rings (SSSR count). The standard InChI is InChI=1S/C28H30N6O4/c1-38-28(37)33-17-6-8-21-22(33)10-11-23-27(21)31-24(13-18-32-16-5-3-9-26(32)36)34(23)19-25(35)30-15-12-20-7-2-4-14-29-20/h2-5,7,9-11,14,16H,6,8,12-13,15,17-19H2,1H3,(H,30,35). The Balaban J connectivity index is 1.44. The molecule has 4 aromatic rings. The summed E-state index contributed by atoms with van der Waals surface area (Å²) in [6.45, 7) is 1.58. The summed E-state index contributed by atoms with van der Waals surface area (Å²) < 4.78 is 8.52. The van der Waals surface area contributed by atoms with Crippen molar-refractivity contribution in [3.63, 3.8) is 0 Å². The van der Waals surface area contributed by atoms with Crippen molar-refractivity contribution in [2.75, 3.05) is 25.1 Å². The Morgan fingerprint density at radius 1 is 1.08 bits per heavy atom. The highest BCUT2D eigenvalue weighted by Crippen LogP contribution is 2.34. The van der Waals surface area contributed by atoms with Crippen molar-refractivity contribution in [1.82, 2.24) is 24.4 Å². The third kappa shape index (κ3) is 5.29. The molecule has 196 valence electrons. The van der Waals surface area contributed by atoms with E-state index in [1.54, 1.807) is 27.9 Å². The monoisotopic (exact) mass is 514 g/mol. The Labute approximate surface area is 219 Å². The lowest BCUT2D eigenvalue weighted by molar-refractivity contribution is -0.121. The lowest BCUT2D eigenvalue weighted by Crippen LogP contribution is -2.35. The molecular formula is C28H30N6O4. The van der Waals surface area contributed by atoms with Crippen molar-refractivity contribution in [2.45, 2.75) is 38.8 Å². The van der Waals surface area contributed by atoms with E-state index in [-0.39, 0.29) is 18.0 Å². The van der Waals surface area contributed by atoms with Gasteiger partial charge in [-0.15, -0.1) is 0 Å². The van der Waals surface area contributed by atoms with Gasteiger partial charge in [0.1, 0.15) is 12.4 Å². The number of hydrogen-bond acceptors (Lipinski definition) is 6. The summed E-state index contributed by atoms with van der Waals surface area (Å²) in [6.07, 6.45) is 5.74. The normalized spacial score (nSPS) is 12.8. The number of aryl methyl sites for hydroxylation is 3. The summed E-state index contributed by atoms with van der Waals surface area (Å²) in [7, 11) is 1.37. The first-order valence-electron chi connectivity index (χ1n) is 12.7. The van der Waals surface area contributed by atoms with Crippen LogP contribution in [0.1, 0.15) is 23.5 Å². The first kappa shape index (κ1) is 25.2. The van der Waals surface area contributed by atoms with Gasteiger partial charge in [-0.25, -0.2) is 9.78 Å². The van der Waals surface area contributed by atoms with Crippen LogP contribution in [0.3, 0.4) is 0 Å². The Kier molecular flexibility index (Phi) is 7.48. The minimum absolute atomic E-state index is 0.0893. The van der Waals surface area contributed by atoms with Crippen LogP contribution in [0.5, 0.6) is 0 Å². The molecule has 0 saturated carbocycles. The highest BCUT2D eigenvalue weighted by atomic mass is 16.5. The second kappa shape index (κ2) is 11.3. The Morgan fingerprint density at radius 2 is 1.95 bits per heavy atom. The van der Waals surface area contributed by atoms with Gasteiger partial charge < -0.3 is 19.2 Å². The SMILES string of the molecule is COC(=O)N1CCCc2c1ccc1c2nc(CCn2ccccc2=O)n1CC(=O)NCCc1ccccn1. The van der Waals surface area contributed by atoms with E-state index in [1.807, 2.05) is 41.0 Å². The second-order valence-electron chi connectivity index (χ2n) is 9.17. The lowest BCUT2D eigenvalue weighted by Gasteiger charge is -2.28. The third-order valence-corrected chi connectivity index (χ3v) is 6.78. The zero-order valence-corrected chi connectivity index (χ0v) is 21.3. The molecule has 0 bridgehead atoms. The molecule has 0 spiro atoms. The number of imidazole rings is 1. The maximum absolute atomic E-state index is 13.0. The first-order valence-corrected chi connectivity index (χ1v) is 12.7. The number of amides is 2. The topological polar surface area (TPSA) is 111 Å². The highest BCUT2D eigenvalue weighted by Gasteiger charge is 2.27. The minimum Gasteiger partial charge on any atom is -0.452 e. The molecule has 1 aromatic carbocycles. The summed E-state index contributed by atoms with van der Waals surface area (Å²) in [5.41, 5.74) is 4.17. The minimum atomic E-state index is -0.402. The van der Waals surface area contributed by atoms with Crippen molar-refractivity contribution in [3.05, 3.63) is 88.4 Å². The molecule has 0 unspecified atom stereocenters. The predicted molar refractivity (Wildman–Crippen MR) is 143 cm³/mol. The van der Waals surface area contributed by atoms with E-state index in [0.29, 0.717) is 38.3 Å². The first-order chi connectivity index (χ1) is 18.5. The molecule has 4 heterocycles. The van der Waals surface area contributed by atoms with Gasteiger partial charge in [-0.1, -0.05) is 12.1 Å². The van der Waals surface area contributed by atoms with E-state index < -0.39 is 6.09 Å². The van der Waals surface area contributed by atoms with Crippen molar-refractivity contribution >= 4 is 28.7 Å². The zero-order chi connectivity index (χ0) is 26.5. The van der Waals surface area contributed by atoms with Crippen LogP contribution in [0, 0.1) is 0 Å². The maximum Gasteiger partial charge on any atom is 0.414 e. The predicted octanol–water partition coefficient (Wildman–Crippen LogP) is 2.71. The zero-order valence-electron chi connectivity index (χ0n) is 21.3. The Hall–Kier alpha value is -4.47. The number of benzene rings is 1. The van der Waals surface area contributed by atoms with Crippen LogP contribution in [0.2, 0.25) is 0 Å². The number of anilines is 1. The van der Waals surface area contributed by atoms with Crippen LogP contribution in [0.25, 0.3) is 11.0 Å². The average Bonchev–Trinajstić information content (AvgIpc) is 3.29. The van der Waals surface area contributed by atoms with Crippen LogP contribution in [-0.2, 0) is 41.9 Å². The van der Waals surface area contributed by atoms with Gasteiger partial charge in [0.15, 0.2) is 0 Å². The Morgan fingerprint density at radius 3 is 2.74 bits per heavy atom. The average molecular weight is 515 g/mol. The largest absolute Gasteiger partial charge is 0.452 e. The lowest BCUT2D eigenvalue weighted by atomic mass is 10.0. The molecule has 0 aliphatic carbocycles. The second-order valence-corrected chi connectivity index (χ2v) is 9.17. The number of carbonyl (C=O) groups is 2. The van der Waals surface area contributed by atoms with Crippen LogP contribution in [0.15, 0.2) is 65.7 Å². The van der Waals surface area contributed by atoms with Gasteiger partial charge in [0.25, 0.3) is 5.56 Å². The summed E-state index contributed by atoms with van der Waals surface area (Å²) in [6, 6.07) is 14.6. The highest BCUT2D eigenvalue weighted by molar-refractivity contribution is 5.95. The van der Waals surface area contributed by atoms with Gasteiger partial charge in [0.2, 0.25) is 5.91 Å². The molecule has 0 saturated heterocycles. The van der Waals surface area contributed by atoms with Crippen LogP contribution in [0.4, 0.5) is 10.5 Å². The molecule has 10 nitrogen and oxygen atoms in total. The molecule has 1 N–H and O–H groups in total.